The van der Waals surface area contributed by atoms with E-state index in [1.54, 1.807) is 0 Å². The number of hydrogen-bond acceptors (Lipinski definition) is 2. The van der Waals surface area contributed by atoms with Crippen molar-refractivity contribution in [2.24, 2.45) is 5.73 Å². The Balaban J connectivity index is 2.47. The molecule has 0 radical (unpaired) electrons. The Bertz CT molecular complexity index is 364. The molecular weight excluding hydrogens is 236 g/mol. The van der Waals surface area contributed by atoms with Crippen molar-refractivity contribution in [2.45, 2.75) is 38.8 Å². The molecule has 1 aromatic rings. The van der Waals surface area contributed by atoms with E-state index < -0.39 is 6.04 Å². The van der Waals surface area contributed by atoms with Gasteiger partial charge in [-0.15, -0.1) is 0 Å². The average molecular weight is 255 g/mol. The standard InChI is InChI=1S/C13H19ClN2O/c1-3-12(15)13(17)16-9(2)8-10-4-6-11(14)7-5-10/h4-7,9,12H,3,8,15H2,1-2H3,(H,16,17)/t9?,12-/m0/s1. The molecule has 0 saturated heterocycles. The summed E-state index contributed by atoms with van der Waals surface area (Å²) in [4.78, 5) is 11.6. The average Bonchev–Trinajstić information content (AvgIpc) is 2.30. The van der Waals surface area contributed by atoms with Crippen LogP contribution >= 0.6 is 11.6 Å². The fourth-order valence-electron chi connectivity index (χ4n) is 1.56. The van der Waals surface area contributed by atoms with Gasteiger partial charge in [-0.05, 0) is 37.5 Å². The largest absolute Gasteiger partial charge is 0.352 e. The van der Waals surface area contributed by atoms with Gasteiger partial charge in [0.05, 0.1) is 6.04 Å². The number of carbonyl (C=O) groups excluding carboxylic acids is 1. The number of halogens is 1. The number of amides is 1. The lowest BCUT2D eigenvalue weighted by Gasteiger charge is -2.16. The summed E-state index contributed by atoms with van der Waals surface area (Å²) in [7, 11) is 0. The zero-order valence-corrected chi connectivity index (χ0v) is 11.0. The molecule has 3 N–H and O–H groups in total. The third-order valence-electron chi connectivity index (χ3n) is 2.62. The quantitative estimate of drug-likeness (QED) is 0.846. The minimum absolute atomic E-state index is 0.0706. The van der Waals surface area contributed by atoms with Crippen LogP contribution in [0.5, 0.6) is 0 Å². The predicted molar refractivity (Wildman–Crippen MR) is 71.0 cm³/mol. The SMILES string of the molecule is CC[C@H](N)C(=O)NC(C)Cc1ccc(Cl)cc1. The van der Waals surface area contributed by atoms with Crippen molar-refractivity contribution in [3.63, 3.8) is 0 Å². The van der Waals surface area contributed by atoms with E-state index in [1.165, 1.54) is 0 Å². The van der Waals surface area contributed by atoms with Crippen LogP contribution in [0.25, 0.3) is 0 Å². The van der Waals surface area contributed by atoms with Gasteiger partial charge in [0.25, 0.3) is 0 Å². The van der Waals surface area contributed by atoms with Crippen LogP contribution < -0.4 is 11.1 Å². The molecule has 0 aromatic heterocycles. The van der Waals surface area contributed by atoms with Crippen LogP contribution in [0.4, 0.5) is 0 Å². The Morgan fingerprint density at radius 3 is 2.53 bits per heavy atom. The molecule has 0 saturated carbocycles. The van der Waals surface area contributed by atoms with Crippen LogP contribution in [-0.4, -0.2) is 18.0 Å². The first kappa shape index (κ1) is 14.0. The smallest absolute Gasteiger partial charge is 0.237 e. The van der Waals surface area contributed by atoms with Crippen LogP contribution in [0.2, 0.25) is 5.02 Å². The lowest BCUT2D eigenvalue weighted by atomic mass is 10.1. The molecule has 0 heterocycles. The van der Waals surface area contributed by atoms with Crippen molar-refractivity contribution < 1.29 is 4.79 Å². The second-order valence-electron chi connectivity index (χ2n) is 4.25. The third-order valence-corrected chi connectivity index (χ3v) is 2.87. The molecule has 0 spiro atoms. The Kier molecular flexibility index (Phi) is 5.45. The molecule has 1 aromatic carbocycles. The van der Waals surface area contributed by atoms with Crippen LogP contribution in [0, 0.1) is 0 Å². The maximum atomic E-state index is 11.6. The minimum atomic E-state index is -0.414. The Hall–Kier alpha value is -1.06. The van der Waals surface area contributed by atoms with Gasteiger partial charge >= 0.3 is 0 Å². The van der Waals surface area contributed by atoms with E-state index in [4.69, 9.17) is 17.3 Å². The number of nitrogens with one attached hydrogen (secondary N) is 1. The zero-order chi connectivity index (χ0) is 12.8. The predicted octanol–water partition coefficient (Wildman–Crippen LogP) is 2.12. The molecule has 1 rings (SSSR count). The molecule has 0 aliphatic carbocycles. The van der Waals surface area contributed by atoms with Crippen LogP contribution in [-0.2, 0) is 11.2 Å². The van der Waals surface area contributed by atoms with Crippen molar-refractivity contribution in [3.05, 3.63) is 34.9 Å². The highest BCUT2D eigenvalue weighted by Gasteiger charge is 2.13. The summed E-state index contributed by atoms with van der Waals surface area (Å²) in [5.74, 6) is -0.0889. The number of benzene rings is 1. The molecule has 4 heteroatoms. The molecule has 94 valence electrons. The number of carbonyl (C=O) groups is 1. The van der Waals surface area contributed by atoms with E-state index in [-0.39, 0.29) is 11.9 Å². The molecule has 1 unspecified atom stereocenters. The third kappa shape index (κ3) is 4.75. The van der Waals surface area contributed by atoms with E-state index in [0.717, 1.165) is 17.0 Å². The van der Waals surface area contributed by atoms with Crippen molar-refractivity contribution in [1.29, 1.82) is 0 Å². The first-order chi connectivity index (χ1) is 8.02. The van der Waals surface area contributed by atoms with Gasteiger partial charge in [0.15, 0.2) is 0 Å². The van der Waals surface area contributed by atoms with E-state index in [0.29, 0.717) is 6.42 Å². The lowest BCUT2D eigenvalue weighted by Crippen LogP contribution is -2.44. The Morgan fingerprint density at radius 2 is 2.00 bits per heavy atom. The molecule has 0 aliphatic heterocycles. The van der Waals surface area contributed by atoms with Crippen molar-refractivity contribution in [3.8, 4) is 0 Å². The van der Waals surface area contributed by atoms with E-state index in [2.05, 4.69) is 5.32 Å². The van der Waals surface area contributed by atoms with Crippen LogP contribution in [0.1, 0.15) is 25.8 Å². The molecule has 17 heavy (non-hydrogen) atoms. The summed E-state index contributed by atoms with van der Waals surface area (Å²) in [5.41, 5.74) is 6.79. The summed E-state index contributed by atoms with van der Waals surface area (Å²) in [5, 5.41) is 3.62. The fourth-order valence-corrected chi connectivity index (χ4v) is 1.69. The van der Waals surface area contributed by atoms with Gasteiger partial charge in [0, 0.05) is 11.1 Å². The summed E-state index contributed by atoms with van der Waals surface area (Å²) in [6.45, 7) is 3.86. The second kappa shape index (κ2) is 6.62. The first-order valence-electron chi connectivity index (χ1n) is 5.83. The summed E-state index contributed by atoms with van der Waals surface area (Å²) < 4.78 is 0. The van der Waals surface area contributed by atoms with Crippen LogP contribution in [0.3, 0.4) is 0 Å². The topological polar surface area (TPSA) is 55.1 Å². The molecule has 0 aliphatic rings. The molecule has 0 fully saturated rings. The molecule has 3 nitrogen and oxygen atoms in total. The monoisotopic (exact) mass is 254 g/mol. The number of hydrogen-bond donors (Lipinski definition) is 2. The highest BCUT2D eigenvalue weighted by molar-refractivity contribution is 6.30. The molecule has 0 bridgehead atoms. The van der Waals surface area contributed by atoms with Gasteiger partial charge in [0.1, 0.15) is 0 Å². The summed E-state index contributed by atoms with van der Waals surface area (Å²) in [6, 6.07) is 7.28. The number of nitrogens with two attached hydrogens (primary N) is 1. The molecular formula is C13H19ClN2O. The summed E-state index contributed by atoms with van der Waals surface area (Å²) >= 11 is 5.81. The normalized spacial score (nSPS) is 14.1. The zero-order valence-electron chi connectivity index (χ0n) is 10.2. The molecule has 2 atom stereocenters. The number of rotatable bonds is 5. The van der Waals surface area contributed by atoms with Crippen molar-refractivity contribution in [1.82, 2.24) is 5.32 Å². The van der Waals surface area contributed by atoms with Crippen LogP contribution in [0.15, 0.2) is 24.3 Å². The van der Waals surface area contributed by atoms with E-state index in [9.17, 15) is 4.79 Å². The second-order valence-corrected chi connectivity index (χ2v) is 4.69. The maximum absolute atomic E-state index is 11.6. The Morgan fingerprint density at radius 1 is 1.41 bits per heavy atom. The Labute approximate surface area is 107 Å². The van der Waals surface area contributed by atoms with Gasteiger partial charge in [-0.2, -0.15) is 0 Å². The van der Waals surface area contributed by atoms with Gasteiger partial charge < -0.3 is 11.1 Å². The van der Waals surface area contributed by atoms with Crippen molar-refractivity contribution >= 4 is 17.5 Å². The van der Waals surface area contributed by atoms with Gasteiger partial charge in [-0.25, -0.2) is 0 Å². The first-order valence-corrected chi connectivity index (χ1v) is 6.21. The van der Waals surface area contributed by atoms with E-state index >= 15 is 0 Å². The highest BCUT2D eigenvalue weighted by atomic mass is 35.5. The van der Waals surface area contributed by atoms with Gasteiger partial charge in [-0.3, -0.25) is 4.79 Å². The highest BCUT2D eigenvalue weighted by Crippen LogP contribution is 2.11. The molecule has 1 amide bonds. The fraction of sp³-hybridized carbons (Fsp3) is 0.462. The minimum Gasteiger partial charge on any atom is -0.352 e. The van der Waals surface area contributed by atoms with Crippen molar-refractivity contribution in [2.75, 3.05) is 0 Å². The van der Waals surface area contributed by atoms with Gasteiger partial charge in [-0.1, -0.05) is 30.7 Å². The van der Waals surface area contributed by atoms with Gasteiger partial charge in [0.2, 0.25) is 5.91 Å². The summed E-state index contributed by atoms with van der Waals surface area (Å²) in [6.07, 6.45) is 1.43. The van der Waals surface area contributed by atoms with E-state index in [1.807, 2.05) is 38.1 Å². The lowest BCUT2D eigenvalue weighted by molar-refractivity contribution is -0.123. The maximum Gasteiger partial charge on any atom is 0.237 e.